The molecule has 2 unspecified atom stereocenters. The topological polar surface area (TPSA) is 91.3 Å². The van der Waals surface area contributed by atoms with E-state index in [9.17, 15) is 14.3 Å². The Hall–Kier alpha value is -1.28. The van der Waals surface area contributed by atoms with Crippen LogP contribution < -0.4 is 0 Å². The third-order valence-corrected chi connectivity index (χ3v) is 10.2. The van der Waals surface area contributed by atoms with Gasteiger partial charge in [-0.15, -0.1) is 0 Å². The average molecular weight is 771 g/mol. The first-order chi connectivity index (χ1) is 25.6. The largest absolute Gasteiger partial charge is 0.472 e. The molecule has 0 aliphatic carbocycles. The van der Waals surface area contributed by atoms with Gasteiger partial charge in [0.25, 0.3) is 0 Å². The predicted octanol–water partition coefficient (Wildman–Crippen LogP) is 12.6. The standard InChI is InChI=1S/C44H84NO7P/c1-6-8-10-12-14-16-18-19-20-21-22-23-24-25-26-28-30-32-34-36-39-49-41-43(42-51-53(47,48)50-40-38-45(3,4)5)52-44(46)37-35-33-31-29-27-17-15-13-11-9-7-2/h14,16,19-20,22-23,43H,6-13,15,17-18,21,24-42H2,1-5H3/p+1/b16-14-,20-19-,23-22-. The van der Waals surface area contributed by atoms with Crippen LogP contribution in [0.15, 0.2) is 36.5 Å². The lowest BCUT2D eigenvalue weighted by Gasteiger charge is -2.24. The van der Waals surface area contributed by atoms with E-state index in [0.717, 1.165) is 51.4 Å². The van der Waals surface area contributed by atoms with E-state index < -0.39 is 13.9 Å². The van der Waals surface area contributed by atoms with Crippen molar-refractivity contribution in [2.24, 2.45) is 0 Å². The van der Waals surface area contributed by atoms with Gasteiger partial charge in [0.2, 0.25) is 0 Å². The van der Waals surface area contributed by atoms with Gasteiger partial charge in [-0.1, -0.05) is 159 Å². The highest BCUT2D eigenvalue weighted by Crippen LogP contribution is 2.43. The van der Waals surface area contributed by atoms with Crippen molar-refractivity contribution < 1.29 is 37.3 Å². The second-order valence-corrected chi connectivity index (χ2v) is 17.2. The molecule has 0 fully saturated rings. The molecule has 0 heterocycles. The highest BCUT2D eigenvalue weighted by atomic mass is 31.2. The fourth-order valence-corrected chi connectivity index (χ4v) is 6.54. The van der Waals surface area contributed by atoms with Gasteiger partial charge in [0, 0.05) is 13.0 Å². The molecular formula is C44H85NO7P+. The summed E-state index contributed by atoms with van der Waals surface area (Å²) in [6.07, 6.45) is 43.1. The van der Waals surface area contributed by atoms with Gasteiger partial charge in [-0.2, -0.15) is 0 Å². The van der Waals surface area contributed by atoms with Crippen LogP contribution in [0, 0.1) is 0 Å². The number of carbonyl (C=O) groups is 1. The maximum absolute atomic E-state index is 12.6. The van der Waals surface area contributed by atoms with E-state index in [4.69, 9.17) is 18.5 Å². The number of likely N-dealkylation sites (N-methyl/N-ethyl adjacent to an activating group) is 1. The number of ether oxygens (including phenoxy) is 2. The van der Waals surface area contributed by atoms with Crippen molar-refractivity contribution in [2.75, 3.05) is 54.1 Å². The van der Waals surface area contributed by atoms with Crippen LogP contribution >= 0.6 is 7.82 Å². The lowest BCUT2D eigenvalue weighted by Crippen LogP contribution is -2.37. The SMILES string of the molecule is CCCCC/C=C\C/C=C\C/C=C\CCCCCCCCCOCC(COP(=O)(O)OCC[N+](C)(C)C)OC(=O)CCCCCCCCCCCCC. The van der Waals surface area contributed by atoms with Crippen molar-refractivity contribution in [1.82, 2.24) is 0 Å². The van der Waals surface area contributed by atoms with E-state index in [0.29, 0.717) is 24.1 Å². The van der Waals surface area contributed by atoms with E-state index >= 15 is 0 Å². The lowest BCUT2D eigenvalue weighted by atomic mass is 10.1. The predicted molar refractivity (Wildman–Crippen MR) is 224 cm³/mol. The van der Waals surface area contributed by atoms with Gasteiger partial charge in [-0.05, 0) is 51.4 Å². The van der Waals surface area contributed by atoms with Gasteiger partial charge in [0.15, 0.2) is 0 Å². The minimum atomic E-state index is -4.27. The molecule has 0 aromatic carbocycles. The molecule has 9 heteroatoms. The number of rotatable bonds is 40. The quantitative estimate of drug-likeness (QED) is 0.0218. The Morgan fingerprint density at radius 1 is 0.585 bits per heavy atom. The van der Waals surface area contributed by atoms with Crippen LogP contribution in [-0.2, 0) is 27.9 Å². The highest BCUT2D eigenvalue weighted by molar-refractivity contribution is 7.47. The molecule has 0 radical (unpaired) electrons. The van der Waals surface area contributed by atoms with Gasteiger partial charge < -0.3 is 18.9 Å². The number of quaternary nitrogens is 1. The highest BCUT2D eigenvalue weighted by Gasteiger charge is 2.26. The lowest BCUT2D eigenvalue weighted by molar-refractivity contribution is -0.870. The third kappa shape index (κ3) is 41.7. The first kappa shape index (κ1) is 51.7. The summed E-state index contributed by atoms with van der Waals surface area (Å²) in [6.45, 7) is 5.57. The fraction of sp³-hybridized carbons (Fsp3) is 0.841. The summed E-state index contributed by atoms with van der Waals surface area (Å²) in [5.74, 6) is -0.319. The van der Waals surface area contributed by atoms with Gasteiger partial charge in [-0.3, -0.25) is 13.8 Å². The normalized spacial score (nSPS) is 14.2. The Balaban J connectivity index is 4.20. The maximum atomic E-state index is 12.6. The van der Waals surface area contributed by atoms with Gasteiger partial charge in [0.1, 0.15) is 19.3 Å². The summed E-state index contributed by atoms with van der Waals surface area (Å²) < 4.78 is 34.9. The summed E-state index contributed by atoms with van der Waals surface area (Å²) in [6, 6.07) is 0. The molecule has 2 atom stereocenters. The summed E-state index contributed by atoms with van der Waals surface area (Å²) in [7, 11) is 1.66. The molecule has 53 heavy (non-hydrogen) atoms. The molecule has 0 aliphatic rings. The molecular weight excluding hydrogens is 685 g/mol. The van der Waals surface area contributed by atoms with E-state index in [-0.39, 0.29) is 25.8 Å². The minimum absolute atomic E-state index is 0.0870. The number of allylic oxidation sites excluding steroid dienone is 6. The summed E-state index contributed by atoms with van der Waals surface area (Å²) >= 11 is 0. The van der Waals surface area contributed by atoms with E-state index in [1.54, 1.807) is 0 Å². The van der Waals surface area contributed by atoms with Gasteiger partial charge in [-0.25, -0.2) is 4.57 Å². The van der Waals surface area contributed by atoms with Crippen molar-refractivity contribution in [2.45, 2.75) is 187 Å². The summed E-state index contributed by atoms with van der Waals surface area (Å²) in [5.41, 5.74) is 0. The zero-order valence-corrected chi connectivity index (χ0v) is 36.1. The molecule has 0 aliphatic heterocycles. The number of hydrogen-bond donors (Lipinski definition) is 1. The molecule has 312 valence electrons. The molecule has 0 saturated heterocycles. The van der Waals surface area contributed by atoms with Crippen molar-refractivity contribution in [3.63, 3.8) is 0 Å². The number of phosphoric ester groups is 1. The summed E-state index contributed by atoms with van der Waals surface area (Å²) in [4.78, 5) is 22.8. The number of nitrogens with zero attached hydrogens (tertiary/aromatic N) is 1. The number of unbranched alkanes of at least 4 members (excludes halogenated alkanes) is 20. The van der Waals surface area contributed by atoms with Crippen molar-refractivity contribution in [3.8, 4) is 0 Å². The van der Waals surface area contributed by atoms with E-state index in [2.05, 4.69) is 50.3 Å². The average Bonchev–Trinajstić information content (AvgIpc) is 3.11. The zero-order valence-electron chi connectivity index (χ0n) is 35.3. The first-order valence-corrected chi connectivity index (χ1v) is 23.2. The van der Waals surface area contributed by atoms with Crippen LogP contribution in [0.2, 0.25) is 0 Å². The minimum Gasteiger partial charge on any atom is -0.457 e. The first-order valence-electron chi connectivity index (χ1n) is 21.7. The van der Waals surface area contributed by atoms with Crippen LogP contribution in [0.5, 0.6) is 0 Å². The molecule has 8 nitrogen and oxygen atoms in total. The Morgan fingerprint density at radius 2 is 1.04 bits per heavy atom. The molecule has 0 amide bonds. The maximum Gasteiger partial charge on any atom is 0.472 e. The van der Waals surface area contributed by atoms with Crippen LogP contribution in [0.4, 0.5) is 0 Å². The Bertz CT molecular complexity index is 947. The molecule has 0 spiro atoms. The monoisotopic (exact) mass is 771 g/mol. The number of carbonyl (C=O) groups excluding carboxylic acids is 1. The molecule has 1 N–H and O–H groups in total. The van der Waals surface area contributed by atoms with Crippen LogP contribution in [0.25, 0.3) is 0 Å². The molecule has 0 rings (SSSR count). The molecule has 0 saturated carbocycles. The number of esters is 1. The number of phosphoric acid groups is 1. The zero-order chi connectivity index (χ0) is 39.1. The van der Waals surface area contributed by atoms with Gasteiger partial charge in [0.05, 0.1) is 34.4 Å². The Morgan fingerprint density at radius 3 is 1.58 bits per heavy atom. The van der Waals surface area contributed by atoms with Crippen LogP contribution in [-0.4, -0.2) is 75.6 Å². The third-order valence-electron chi connectivity index (χ3n) is 9.20. The molecule has 0 aromatic rings. The van der Waals surface area contributed by atoms with Gasteiger partial charge >= 0.3 is 13.8 Å². The fourth-order valence-electron chi connectivity index (χ4n) is 5.79. The van der Waals surface area contributed by atoms with E-state index in [1.807, 2.05) is 21.1 Å². The Kier molecular flexibility index (Phi) is 36.7. The van der Waals surface area contributed by atoms with Crippen molar-refractivity contribution in [3.05, 3.63) is 36.5 Å². The molecule has 0 bridgehead atoms. The second-order valence-electron chi connectivity index (χ2n) is 15.7. The van der Waals surface area contributed by atoms with Crippen molar-refractivity contribution >= 4 is 13.8 Å². The van der Waals surface area contributed by atoms with Crippen LogP contribution in [0.3, 0.4) is 0 Å². The smallest absolute Gasteiger partial charge is 0.457 e. The van der Waals surface area contributed by atoms with E-state index in [1.165, 1.54) is 109 Å². The molecule has 0 aromatic heterocycles. The van der Waals surface area contributed by atoms with Crippen molar-refractivity contribution in [1.29, 1.82) is 0 Å². The number of hydrogen-bond acceptors (Lipinski definition) is 6. The van der Waals surface area contributed by atoms with Crippen LogP contribution in [0.1, 0.15) is 181 Å². The summed E-state index contributed by atoms with van der Waals surface area (Å²) in [5, 5.41) is 0. The Labute approximate surface area is 327 Å². The second kappa shape index (κ2) is 37.6.